The Kier molecular flexibility index (Phi) is 6.45. The molecule has 0 aliphatic rings. The molecule has 0 spiro atoms. The Hall–Kier alpha value is -2.05. The zero-order valence-electron chi connectivity index (χ0n) is 13.4. The van der Waals surface area contributed by atoms with Gasteiger partial charge in [-0.3, -0.25) is 4.79 Å². The lowest BCUT2D eigenvalue weighted by molar-refractivity contribution is -0.0512. The second kappa shape index (κ2) is 8.36. The van der Waals surface area contributed by atoms with Gasteiger partial charge in [-0.1, -0.05) is 29.3 Å². The first-order chi connectivity index (χ1) is 11.8. The number of alkyl halides is 2. The highest BCUT2D eigenvalue weighted by molar-refractivity contribution is 6.35. The molecule has 0 atom stereocenters. The van der Waals surface area contributed by atoms with E-state index in [1.165, 1.54) is 42.3 Å². The van der Waals surface area contributed by atoms with E-state index in [4.69, 9.17) is 27.9 Å². The van der Waals surface area contributed by atoms with Crippen molar-refractivity contribution in [3.8, 4) is 11.5 Å². The van der Waals surface area contributed by atoms with Crippen molar-refractivity contribution in [1.82, 2.24) is 4.90 Å². The van der Waals surface area contributed by atoms with Crippen molar-refractivity contribution in [2.45, 2.75) is 13.2 Å². The number of carbonyl (C=O) groups excluding carboxylic acids is 1. The SMILES string of the molecule is COc1cc(CN(C)C(=O)c2cc(Cl)cc(Cl)c2)ccc1OC(F)F. The molecule has 4 nitrogen and oxygen atoms in total. The zero-order chi connectivity index (χ0) is 18.6. The molecule has 2 aromatic carbocycles. The van der Waals surface area contributed by atoms with Crippen LogP contribution in [0, 0.1) is 0 Å². The standard InChI is InChI=1S/C17H15Cl2F2NO3/c1-22(16(23)11-6-12(18)8-13(19)7-11)9-10-3-4-14(25-17(20)21)15(5-10)24-2/h3-8,17H,9H2,1-2H3. The summed E-state index contributed by atoms with van der Waals surface area (Å²) in [6.45, 7) is -2.72. The van der Waals surface area contributed by atoms with E-state index < -0.39 is 6.61 Å². The molecule has 0 N–H and O–H groups in total. The Bertz CT molecular complexity index is 751. The molecule has 134 valence electrons. The molecular formula is C17H15Cl2F2NO3. The summed E-state index contributed by atoms with van der Waals surface area (Å²) in [6.07, 6.45) is 0. The summed E-state index contributed by atoms with van der Waals surface area (Å²) in [5, 5.41) is 0.721. The first kappa shape index (κ1) is 19.3. The van der Waals surface area contributed by atoms with Crippen molar-refractivity contribution in [3.63, 3.8) is 0 Å². The van der Waals surface area contributed by atoms with E-state index in [2.05, 4.69) is 4.74 Å². The fraction of sp³-hybridized carbons (Fsp3) is 0.235. The minimum atomic E-state index is -2.95. The van der Waals surface area contributed by atoms with Crippen LogP contribution in [0.25, 0.3) is 0 Å². The Morgan fingerprint density at radius 1 is 1.12 bits per heavy atom. The Morgan fingerprint density at radius 3 is 2.32 bits per heavy atom. The van der Waals surface area contributed by atoms with Crippen molar-refractivity contribution >= 4 is 29.1 Å². The van der Waals surface area contributed by atoms with E-state index in [0.717, 1.165) is 0 Å². The molecule has 0 fully saturated rings. The molecule has 0 saturated carbocycles. The summed E-state index contributed by atoms with van der Waals surface area (Å²) in [5.41, 5.74) is 1.03. The molecule has 0 aromatic heterocycles. The maximum Gasteiger partial charge on any atom is 0.387 e. The van der Waals surface area contributed by atoms with Gasteiger partial charge in [0.1, 0.15) is 0 Å². The van der Waals surface area contributed by atoms with Crippen LogP contribution in [0.3, 0.4) is 0 Å². The lowest BCUT2D eigenvalue weighted by atomic mass is 10.1. The maximum absolute atomic E-state index is 12.5. The predicted molar refractivity (Wildman–Crippen MR) is 91.9 cm³/mol. The van der Waals surface area contributed by atoms with Gasteiger partial charge in [-0.15, -0.1) is 0 Å². The molecule has 8 heteroatoms. The van der Waals surface area contributed by atoms with Crippen molar-refractivity contribution in [3.05, 3.63) is 57.6 Å². The van der Waals surface area contributed by atoms with Crippen molar-refractivity contribution in [2.75, 3.05) is 14.2 Å². The van der Waals surface area contributed by atoms with E-state index in [-0.39, 0.29) is 24.0 Å². The number of methoxy groups -OCH3 is 1. The lowest BCUT2D eigenvalue weighted by Gasteiger charge is -2.19. The van der Waals surface area contributed by atoms with Crippen LogP contribution in [0.5, 0.6) is 11.5 Å². The summed E-state index contributed by atoms with van der Waals surface area (Å²) in [4.78, 5) is 13.9. The Balaban J connectivity index is 2.16. The van der Waals surface area contributed by atoms with Crippen LogP contribution in [0.1, 0.15) is 15.9 Å². The highest BCUT2D eigenvalue weighted by Gasteiger charge is 2.16. The van der Waals surface area contributed by atoms with Crippen molar-refractivity contribution in [2.24, 2.45) is 0 Å². The third kappa shape index (κ3) is 5.21. The number of amides is 1. The Labute approximate surface area is 153 Å². The first-order valence-electron chi connectivity index (χ1n) is 7.13. The smallest absolute Gasteiger partial charge is 0.387 e. The minimum absolute atomic E-state index is 0.0724. The van der Waals surface area contributed by atoms with Crippen molar-refractivity contribution in [1.29, 1.82) is 0 Å². The van der Waals surface area contributed by atoms with E-state index in [9.17, 15) is 13.6 Å². The van der Waals surface area contributed by atoms with Gasteiger partial charge in [0.25, 0.3) is 5.91 Å². The summed E-state index contributed by atoms with van der Waals surface area (Å²) in [7, 11) is 2.95. The molecule has 0 unspecified atom stereocenters. The number of benzene rings is 2. The van der Waals surface area contributed by atoms with Crippen LogP contribution in [-0.2, 0) is 6.54 Å². The van der Waals surface area contributed by atoms with Crippen LogP contribution >= 0.6 is 23.2 Å². The van der Waals surface area contributed by atoms with Gasteiger partial charge >= 0.3 is 6.61 Å². The number of ether oxygens (including phenoxy) is 2. The molecule has 25 heavy (non-hydrogen) atoms. The molecule has 2 aromatic rings. The highest BCUT2D eigenvalue weighted by Crippen LogP contribution is 2.30. The predicted octanol–water partition coefficient (Wildman–Crippen LogP) is 4.88. The third-order valence-corrected chi connectivity index (χ3v) is 3.76. The van der Waals surface area contributed by atoms with E-state index in [0.29, 0.717) is 21.2 Å². The van der Waals surface area contributed by atoms with Gasteiger partial charge in [0.05, 0.1) is 7.11 Å². The maximum atomic E-state index is 12.5. The van der Waals surface area contributed by atoms with Crippen LogP contribution in [0.4, 0.5) is 8.78 Å². The van der Waals surface area contributed by atoms with Crippen LogP contribution in [0.2, 0.25) is 10.0 Å². The number of halogens is 4. The monoisotopic (exact) mass is 389 g/mol. The number of nitrogens with zero attached hydrogens (tertiary/aromatic N) is 1. The topological polar surface area (TPSA) is 38.8 Å². The van der Waals surface area contributed by atoms with Crippen molar-refractivity contribution < 1.29 is 23.0 Å². The van der Waals surface area contributed by atoms with Gasteiger partial charge < -0.3 is 14.4 Å². The molecule has 0 heterocycles. The fourth-order valence-corrected chi connectivity index (χ4v) is 2.77. The summed E-state index contributed by atoms with van der Waals surface area (Å²) in [5.74, 6) is -0.197. The normalized spacial score (nSPS) is 10.7. The Morgan fingerprint density at radius 2 is 1.76 bits per heavy atom. The third-order valence-electron chi connectivity index (χ3n) is 3.32. The number of carbonyl (C=O) groups is 1. The molecule has 0 radical (unpaired) electrons. The van der Waals surface area contributed by atoms with Crippen LogP contribution in [-0.4, -0.2) is 31.6 Å². The molecular weight excluding hydrogens is 375 g/mol. The zero-order valence-corrected chi connectivity index (χ0v) is 14.9. The number of rotatable bonds is 6. The average Bonchev–Trinajstić information content (AvgIpc) is 2.54. The van der Waals surface area contributed by atoms with Gasteiger partial charge in [0.2, 0.25) is 0 Å². The molecule has 0 saturated heterocycles. The highest BCUT2D eigenvalue weighted by atomic mass is 35.5. The summed E-state index contributed by atoms with van der Waals surface area (Å²) < 4.78 is 34.1. The van der Waals surface area contributed by atoms with Gasteiger partial charge in [-0.25, -0.2) is 0 Å². The largest absolute Gasteiger partial charge is 0.493 e. The molecule has 0 bridgehead atoms. The molecule has 0 aliphatic heterocycles. The second-order valence-electron chi connectivity index (χ2n) is 5.18. The van der Waals surface area contributed by atoms with E-state index in [1.807, 2.05) is 0 Å². The van der Waals surface area contributed by atoms with E-state index in [1.54, 1.807) is 13.1 Å². The quantitative estimate of drug-likeness (QED) is 0.706. The average molecular weight is 390 g/mol. The van der Waals surface area contributed by atoms with Gasteiger partial charge in [-0.2, -0.15) is 8.78 Å². The van der Waals surface area contributed by atoms with Crippen LogP contribution < -0.4 is 9.47 Å². The second-order valence-corrected chi connectivity index (χ2v) is 6.06. The van der Waals surface area contributed by atoms with Gasteiger partial charge in [-0.05, 0) is 35.9 Å². The summed E-state index contributed by atoms with van der Waals surface area (Å²) in [6, 6.07) is 9.06. The number of hydrogen-bond donors (Lipinski definition) is 0. The first-order valence-corrected chi connectivity index (χ1v) is 7.89. The fourth-order valence-electron chi connectivity index (χ4n) is 2.25. The van der Waals surface area contributed by atoms with Gasteiger partial charge in [0.15, 0.2) is 11.5 Å². The van der Waals surface area contributed by atoms with E-state index >= 15 is 0 Å². The summed E-state index contributed by atoms with van der Waals surface area (Å²) >= 11 is 11.8. The minimum Gasteiger partial charge on any atom is -0.493 e. The van der Waals surface area contributed by atoms with Gasteiger partial charge in [0, 0.05) is 29.2 Å². The lowest BCUT2D eigenvalue weighted by Crippen LogP contribution is -2.26. The molecule has 1 amide bonds. The molecule has 0 aliphatic carbocycles. The van der Waals surface area contributed by atoms with Crippen LogP contribution in [0.15, 0.2) is 36.4 Å². The molecule has 2 rings (SSSR count). The number of hydrogen-bond acceptors (Lipinski definition) is 3.